The van der Waals surface area contributed by atoms with Crippen LogP contribution in [0.2, 0.25) is 0 Å². The Morgan fingerprint density at radius 1 is 1.44 bits per heavy atom. The van der Waals surface area contributed by atoms with Crippen molar-refractivity contribution in [2.24, 2.45) is 5.73 Å². The summed E-state index contributed by atoms with van der Waals surface area (Å²) in [7, 11) is -3.62. The maximum absolute atomic E-state index is 11.9. The molecule has 0 saturated heterocycles. The molecule has 0 atom stereocenters. The number of furan rings is 1. The lowest BCUT2D eigenvalue weighted by Gasteiger charge is -2.02. The molecule has 0 amide bonds. The van der Waals surface area contributed by atoms with Crippen LogP contribution in [0.15, 0.2) is 37.6 Å². The van der Waals surface area contributed by atoms with Crippen molar-refractivity contribution in [3.8, 4) is 0 Å². The molecule has 0 aliphatic heterocycles. The summed E-state index contributed by atoms with van der Waals surface area (Å²) in [6.45, 7) is 0.407. The first-order chi connectivity index (χ1) is 8.51. The molecule has 3 N–H and O–H groups in total. The molecular weight excluding hydrogens is 340 g/mol. The van der Waals surface area contributed by atoms with E-state index in [1.165, 1.54) is 17.4 Å². The van der Waals surface area contributed by atoms with Gasteiger partial charge in [0.2, 0.25) is 5.09 Å². The van der Waals surface area contributed by atoms with E-state index >= 15 is 0 Å². The Bertz CT molecular complexity index is 633. The van der Waals surface area contributed by atoms with Gasteiger partial charge in [0.15, 0.2) is 0 Å². The van der Waals surface area contributed by atoms with Gasteiger partial charge in [0.25, 0.3) is 10.0 Å². The summed E-state index contributed by atoms with van der Waals surface area (Å²) in [5.74, 6) is 0.439. The van der Waals surface area contributed by atoms with Crippen LogP contribution in [-0.2, 0) is 23.1 Å². The summed E-state index contributed by atoms with van der Waals surface area (Å²) in [6.07, 6.45) is 0. The SMILES string of the molecule is NCc1ccc(S(=O)(=O)NCc2cc(Br)cs2)o1. The summed E-state index contributed by atoms with van der Waals surface area (Å²) in [5.41, 5.74) is 5.36. The molecule has 0 spiro atoms. The first-order valence-electron chi connectivity index (χ1n) is 5.02. The standard InChI is InChI=1S/C10H11BrN2O3S2/c11-7-3-9(17-6-7)5-13-18(14,15)10-2-1-8(4-12)16-10/h1-3,6,13H,4-5,12H2. The van der Waals surface area contributed by atoms with E-state index in [4.69, 9.17) is 10.2 Å². The smallest absolute Gasteiger partial charge is 0.274 e. The van der Waals surface area contributed by atoms with Gasteiger partial charge in [-0.1, -0.05) is 0 Å². The molecule has 8 heteroatoms. The molecule has 18 heavy (non-hydrogen) atoms. The average Bonchev–Trinajstić information content (AvgIpc) is 2.95. The highest BCUT2D eigenvalue weighted by Crippen LogP contribution is 2.20. The summed E-state index contributed by atoms with van der Waals surface area (Å²) in [4.78, 5) is 0.913. The average molecular weight is 351 g/mol. The molecule has 0 fully saturated rings. The van der Waals surface area contributed by atoms with Crippen LogP contribution < -0.4 is 10.5 Å². The number of sulfonamides is 1. The molecule has 0 radical (unpaired) electrons. The van der Waals surface area contributed by atoms with Gasteiger partial charge in [-0.15, -0.1) is 11.3 Å². The van der Waals surface area contributed by atoms with Crippen LogP contribution in [0, 0.1) is 0 Å². The van der Waals surface area contributed by atoms with Crippen molar-refractivity contribution in [1.82, 2.24) is 4.72 Å². The Labute approximate surface area is 117 Å². The second kappa shape index (κ2) is 5.54. The molecule has 0 unspecified atom stereocenters. The molecule has 0 bridgehead atoms. The first kappa shape index (κ1) is 13.8. The number of halogens is 1. The van der Waals surface area contributed by atoms with E-state index in [-0.39, 0.29) is 18.2 Å². The Kier molecular flexibility index (Phi) is 4.23. The number of thiophene rings is 1. The molecule has 5 nitrogen and oxygen atoms in total. The van der Waals surface area contributed by atoms with Crippen LogP contribution in [0.3, 0.4) is 0 Å². The zero-order valence-electron chi connectivity index (χ0n) is 9.22. The number of hydrogen-bond acceptors (Lipinski definition) is 5. The molecule has 2 aromatic heterocycles. The zero-order chi connectivity index (χ0) is 13.2. The first-order valence-corrected chi connectivity index (χ1v) is 8.18. The fraction of sp³-hybridized carbons (Fsp3) is 0.200. The van der Waals surface area contributed by atoms with Gasteiger partial charge in [-0.05, 0) is 34.1 Å². The van der Waals surface area contributed by atoms with Crippen molar-refractivity contribution in [1.29, 1.82) is 0 Å². The van der Waals surface area contributed by atoms with Crippen molar-refractivity contribution in [3.05, 3.63) is 38.7 Å². The monoisotopic (exact) mass is 350 g/mol. The maximum atomic E-state index is 11.9. The summed E-state index contributed by atoms with van der Waals surface area (Å²) in [5, 5.41) is 1.78. The van der Waals surface area contributed by atoms with E-state index in [2.05, 4.69) is 20.7 Å². The van der Waals surface area contributed by atoms with Crippen molar-refractivity contribution < 1.29 is 12.8 Å². The van der Waals surface area contributed by atoms with Crippen LogP contribution >= 0.6 is 27.3 Å². The lowest BCUT2D eigenvalue weighted by atomic mass is 10.5. The third kappa shape index (κ3) is 3.21. The fourth-order valence-corrected chi connectivity index (χ4v) is 3.73. The van der Waals surface area contributed by atoms with Gasteiger partial charge in [-0.3, -0.25) is 0 Å². The Balaban J connectivity index is 2.07. The van der Waals surface area contributed by atoms with Crippen LogP contribution in [-0.4, -0.2) is 8.42 Å². The summed E-state index contributed by atoms with van der Waals surface area (Å²) < 4.78 is 32.3. The highest BCUT2D eigenvalue weighted by atomic mass is 79.9. The molecule has 0 aromatic carbocycles. The molecule has 0 saturated carbocycles. The van der Waals surface area contributed by atoms with Crippen LogP contribution in [0.4, 0.5) is 0 Å². The number of nitrogens with one attached hydrogen (secondary N) is 1. The second-order valence-corrected chi connectivity index (χ2v) is 7.09. The van der Waals surface area contributed by atoms with Gasteiger partial charge in [-0.2, -0.15) is 0 Å². The van der Waals surface area contributed by atoms with Gasteiger partial charge in [0, 0.05) is 21.3 Å². The fourth-order valence-electron chi connectivity index (χ4n) is 1.30. The van der Waals surface area contributed by atoms with Crippen LogP contribution in [0.25, 0.3) is 0 Å². The van der Waals surface area contributed by atoms with Crippen molar-refractivity contribution in [2.45, 2.75) is 18.2 Å². The third-order valence-corrected chi connectivity index (χ3v) is 5.13. The predicted molar refractivity (Wildman–Crippen MR) is 72.6 cm³/mol. The summed E-state index contributed by atoms with van der Waals surface area (Å²) >= 11 is 4.78. The quantitative estimate of drug-likeness (QED) is 0.863. The van der Waals surface area contributed by atoms with Crippen molar-refractivity contribution in [2.75, 3.05) is 0 Å². The topological polar surface area (TPSA) is 85.3 Å². The van der Waals surface area contributed by atoms with E-state index in [9.17, 15) is 8.42 Å². The highest BCUT2D eigenvalue weighted by molar-refractivity contribution is 9.10. The van der Waals surface area contributed by atoms with Gasteiger partial charge in [0.05, 0.1) is 6.54 Å². The predicted octanol–water partition coefficient (Wildman–Crippen LogP) is 2.04. The lowest BCUT2D eigenvalue weighted by Crippen LogP contribution is -2.22. The molecule has 2 heterocycles. The number of rotatable bonds is 5. The minimum atomic E-state index is -3.62. The van der Waals surface area contributed by atoms with Crippen molar-refractivity contribution in [3.63, 3.8) is 0 Å². The Morgan fingerprint density at radius 3 is 2.78 bits per heavy atom. The molecule has 0 aliphatic carbocycles. The lowest BCUT2D eigenvalue weighted by molar-refractivity contribution is 0.413. The van der Waals surface area contributed by atoms with E-state index in [1.54, 1.807) is 6.07 Å². The second-order valence-electron chi connectivity index (χ2n) is 3.48. The number of hydrogen-bond donors (Lipinski definition) is 2. The highest BCUT2D eigenvalue weighted by Gasteiger charge is 2.18. The normalized spacial score (nSPS) is 11.9. The molecule has 0 aliphatic rings. The van der Waals surface area contributed by atoms with E-state index < -0.39 is 10.0 Å². The van der Waals surface area contributed by atoms with E-state index in [0.29, 0.717) is 5.76 Å². The summed E-state index contributed by atoms with van der Waals surface area (Å²) in [6, 6.07) is 4.81. The molecular formula is C10H11BrN2O3S2. The van der Waals surface area contributed by atoms with Crippen LogP contribution in [0.5, 0.6) is 0 Å². The van der Waals surface area contributed by atoms with Gasteiger partial charge in [0.1, 0.15) is 5.76 Å². The minimum absolute atomic E-state index is 0.112. The Hall–Kier alpha value is -0.670. The van der Waals surface area contributed by atoms with Gasteiger partial charge < -0.3 is 10.2 Å². The maximum Gasteiger partial charge on any atom is 0.274 e. The van der Waals surface area contributed by atoms with E-state index in [1.807, 2.05) is 11.4 Å². The largest absolute Gasteiger partial charge is 0.447 e. The minimum Gasteiger partial charge on any atom is -0.447 e. The zero-order valence-corrected chi connectivity index (χ0v) is 12.4. The van der Waals surface area contributed by atoms with E-state index in [0.717, 1.165) is 9.35 Å². The van der Waals surface area contributed by atoms with Gasteiger partial charge >= 0.3 is 0 Å². The van der Waals surface area contributed by atoms with Gasteiger partial charge in [-0.25, -0.2) is 13.1 Å². The molecule has 98 valence electrons. The molecule has 2 aromatic rings. The molecule has 2 rings (SSSR count). The third-order valence-electron chi connectivity index (χ3n) is 2.16. The van der Waals surface area contributed by atoms with Crippen LogP contribution in [0.1, 0.15) is 10.6 Å². The Morgan fingerprint density at radius 2 is 2.22 bits per heavy atom. The number of nitrogens with two attached hydrogens (primary N) is 1. The van der Waals surface area contributed by atoms with Crippen molar-refractivity contribution >= 4 is 37.3 Å².